The number of hydrogen-bond acceptors (Lipinski definition) is 7. The Kier molecular flexibility index (Phi) is 7.10. The van der Waals surface area contributed by atoms with E-state index in [-0.39, 0.29) is 38.4 Å². The molecule has 1 N–H and O–H groups in total. The minimum atomic E-state index is -4.12. The van der Waals surface area contributed by atoms with Gasteiger partial charge in [0.25, 0.3) is 15.9 Å². The van der Waals surface area contributed by atoms with Crippen LogP contribution in [0.1, 0.15) is 11.5 Å². The van der Waals surface area contributed by atoms with Crippen LogP contribution in [-0.4, -0.2) is 37.4 Å². The van der Waals surface area contributed by atoms with Crippen molar-refractivity contribution in [2.75, 3.05) is 18.8 Å². The highest BCUT2D eigenvalue weighted by Gasteiger charge is 2.23. The van der Waals surface area contributed by atoms with E-state index >= 15 is 0 Å². The van der Waals surface area contributed by atoms with E-state index in [1.165, 1.54) is 24.4 Å². The standard InChI is InChI=1S/C18H17Cl3N4O4S/c1-25(2)9-11-6-7-12(29-11)10-28-18-17(22-8-15(20)23-18)24-30(26,27)14-5-3-4-13(19)16(14)21/h3-8H,9-10H2,1-2H3,(H,22,24). The summed E-state index contributed by atoms with van der Waals surface area (Å²) >= 11 is 17.8. The van der Waals surface area contributed by atoms with Crippen LogP contribution in [0.4, 0.5) is 5.82 Å². The van der Waals surface area contributed by atoms with Crippen molar-refractivity contribution >= 4 is 50.6 Å². The number of hydrogen-bond donors (Lipinski definition) is 1. The molecule has 0 radical (unpaired) electrons. The Morgan fingerprint density at radius 1 is 1.13 bits per heavy atom. The summed E-state index contributed by atoms with van der Waals surface area (Å²) in [4.78, 5) is 9.73. The van der Waals surface area contributed by atoms with Gasteiger partial charge in [0.15, 0.2) is 5.15 Å². The average molecular weight is 492 g/mol. The van der Waals surface area contributed by atoms with Crippen molar-refractivity contribution in [3.63, 3.8) is 0 Å². The normalized spacial score (nSPS) is 11.7. The van der Waals surface area contributed by atoms with Gasteiger partial charge >= 0.3 is 0 Å². The zero-order valence-electron chi connectivity index (χ0n) is 15.9. The Morgan fingerprint density at radius 3 is 2.60 bits per heavy atom. The summed E-state index contributed by atoms with van der Waals surface area (Å²) in [6, 6.07) is 7.85. The van der Waals surface area contributed by atoms with Crippen LogP contribution in [0, 0.1) is 0 Å². The Hall–Kier alpha value is -2.04. The topological polar surface area (TPSA) is 97.6 Å². The monoisotopic (exact) mass is 490 g/mol. The maximum atomic E-state index is 12.8. The first kappa shape index (κ1) is 22.6. The van der Waals surface area contributed by atoms with Gasteiger partial charge in [-0.3, -0.25) is 4.72 Å². The van der Waals surface area contributed by atoms with Crippen LogP contribution in [0.5, 0.6) is 5.88 Å². The van der Waals surface area contributed by atoms with Gasteiger partial charge in [0.1, 0.15) is 23.0 Å². The van der Waals surface area contributed by atoms with Crippen molar-refractivity contribution in [2.24, 2.45) is 0 Å². The van der Waals surface area contributed by atoms with Gasteiger partial charge in [-0.1, -0.05) is 40.9 Å². The fraction of sp³-hybridized carbons (Fsp3) is 0.222. The summed E-state index contributed by atoms with van der Waals surface area (Å²) < 4.78 is 39.1. The predicted octanol–water partition coefficient (Wildman–Crippen LogP) is 4.47. The highest BCUT2D eigenvalue weighted by Crippen LogP contribution is 2.31. The Balaban J connectivity index is 1.81. The summed E-state index contributed by atoms with van der Waals surface area (Å²) in [7, 11) is -0.272. The largest absolute Gasteiger partial charge is 0.467 e. The third-order valence-corrected chi connectivity index (χ3v) is 6.18. The molecule has 0 bridgehead atoms. The third kappa shape index (κ3) is 5.55. The van der Waals surface area contributed by atoms with Crippen LogP contribution in [0.25, 0.3) is 0 Å². The van der Waals surface area contributed by atoms with Gasteiger partial charge in [-0.05, 0) is 38.4 Å². The lowest BCUT2D eigenvalue weighted by molar-refractivity contribution is 0.250. The lowest BCUT2D eigenvalue weighted by atomic mass is 10.4. The number of halogens is 3. The van der Waals surface area contributed by atoms with Gasteiger partial charge in [0.05, 0.1) is 22.8 Å². The Morgan fingerprint density at radius 2 is 1.87 bits per heavy atom. The average Bonchev–Trinajstić information content (AvgIpc) is 3.10. The molecule has 2 aromatic heterocycles. The molecular weight excluding hydrogens is 475 g/mol. The third-order valence-electron chi connectivity index (χ3n) is 3.69. The maximum absolute atomic E-state index is 12.8. The second-order valence-corrected chi connectivity index (χ2v) is 9.22. The summed E-state index contributed by atoms with van der Waals surface area (Å²) in [6.45, 7) is 0.623. The SMILES string of the molecule is CN(C)Cc1ccc(COc2nc(Cl)cnc2NS(=O)(=O)c2cccc(Cl)c2Cl)o1. The highest BCUT2D eigenvalue weighted by molar-refractivity contribution is 7.92. The molecule has 0 aliphatic heterocycles. The molecular formula is C18H17Cl3N4O4S. The lowest BCUT2D eigenvalue weighted by Gasteiger charge is -2.12. The molecule has 2 heterocycles. The van der Waals surface area contributed by atoms with Crippen LogP contribution in [0.3, 0.4) is 0 Å². The summed E-state index contributed by atoms with van der Waals surface area (Å²) in [5.74, 6) is 1.01. The molecule has 8 nitrogen and oxygen atoms in total. The fourth-order valence-electron chi connectivity index (χ4n) is 2.43. The number of anilines is 1. The van der Waals surface area contributed by atoms with Crippen molar-refractivity contribution in [2.45, 2.75) is 18.0 Å². The van der Waals surface area contributed by atoms with E-state index in [4.69, 9.17) is 44.0 Å². The fourth-order valence-corrected chi connectivity index (χ4v) is 4.33. The first-order valence-electron chi connectivity index (χ1n) is 8.50. The van der Waals surface area contributed by atoms with Crippen LogP contribution in [-0.2, 0) is 23.2 Å². The molecule has 12 heteroatoms. The Bertz CT molecular complexity index is 1150. The zero-order valence-corrected chi connectivity index (χ0v) is 19.0. The molecule has 1 aromatic carbocycles. The maximum Gasteiger partial charge on any atom is 0.264 e. The summed E-state index contributed by atoms with van der Waals surface area (Å²) in [6.07, 6.45) is 1.19. The molecule has 0 saturated carbocycles. The van der Waals surface area contributed by atoms with Crippen molar-refractivity contribution < 1.29 is 17.6 Å². The number of nitrogens with zero attached hydrogens (tertiary/aromatic N) is 3. The highest BCUT2D eigenvalue weighted by atomic mass is 35.5. The summed E-state index contributed by atoms with van der Waals surface area (Å²) in [5.41, 5.74) is 0. The minimum Gasteiger partial charge on any atom is -0.467 e. The van der Waals surface area contributed by atoms with E-state index < -0.39 is 10.0 Å². The van der Waals surface area contributed by atoms with E-state index in [1.54, 1.807) is 6.07 Å². The second kappa shape index (κ2) is 9.40. The number of benzene rings is 1. The number of ether oxygens (including phenoxy) is 1. The molecule has 3 aromatic rings. The Labute approximate surface area is 188 Å². The minimum absolute atomic E-state index is 0.00486. The van der Waals surface area contributed by atoms with Crippen LogP contribution >= 0.6 is 34.8 Å². The molecule has 0 amide bonds. The predicted molar refractivity (Wildman–Crippen MR) is 115 cm³/mol. The van der Waals surface area contributed by atoms with Gasteiger partial charge in [0.2, 0.25) is 5.82 Å². The molecule has 0 fully saturated rings. The molecule has 0 unspecified atom stereocenters. The molecule has 160 valence electrons. The summed E-state index contributed by atoms with van der Waals surface area (Å²) in [5, 5.41) is 0.0195. The number of nitrogens with one attached hydrogen (secondary N) is 1. The molecule has 0 atom stereocenters. The zero-order chi connectivity index (χ0) is 21.9. The first-order valence-corrected chi connectivity index (χ1v) is 11.1. The molecule has 0 saturated heterocycles. The first-order chi connectivity index (χ1) is 14.2. The van der Waals surface area contributed by atoms with Crippen LogP contribution in [0.2, 0.25) is 15.2 Å². The molecule has 30 heavy (non-hydrogen) atoms. The van der Waals surface area contributed by atoms with Crippen molar-refractivity contribution in [1.29, 1.82) is 0 Å². The van der Waals surface area contributed by atoms with E-state index in [1.807, 2.05) is 25.1 Å². The smallest absolute Gasteiger partial charge is 0.264 e. The van der Waals surface area contributed by atoms with Crippen molar-refractivity contribution in [3.05, 3.63) is 63.2 Å². The van der Waals surface area contributed by atoms with Gasteiger partial charge in [0, 0.05) is 0 Å². The van der Waals surface area contributed by atoms with E-state index in [2.05, 4.69) is 14.7 Å². The molecule has 0 aliphatic rings. The van der Waals surface area contributed by atoms with Crippen LogP contribution < -0.4 is 9.46 Å². The molecule has 0 aliphatic carbocycles. The van der Waals surface area contributed by atoms with Crippen molar-refractivity contribution in [3.8, 4) is 5.88 Å². The second-order valence-electron chi connectivity index (χ2n) is 6.40. The van der Waals surface area contributed by atoms with Gasteiger partial charge in [-0.2, -0.15) is 4.98 Å². The van der Waals surface area contributed by atoms with Crippen LogP contribution in [0.15, 0.2) is 45.8 Å². The number of furan rings is 1. The van der Waals surface area contributed by atoms with E-state index in [0.29, 0.717) is 12.3 Å². The quantitative estimate of drug-likeness (QED) is 0.496. The van der Waals surface area contributed by atoms with Gasteiger partial charge in [-0.15, -0.1) is 0 Å². The van der Waals surface area contributed by atoms with E-state index in [9.17, 15) is 8.42 Å². The van der Waals surface area contributed by atoms with Gasteiger partial charge < -0.3 is 14.1 Å². The molecule has 3 rings (SSSR count). The number of rotatable bonds is 8. The number of aromatic nitrogens is 2. The van der Waals surface area contributed by atoms with E-state index in [0.717, 1.165) is 5.76 Å². The van der Waals surface area contributed by atoms with Gasteiger partial charge in [-0.25, -0.2) is 13.4 Å². The lowest BCUT2D eigenvalue weighted by Crippen LogP contribution is -2.16. The molecule has 0 spiro atoms. The van der Waals surface area contributed by atoms with Crippen molar-refractivity contribution in [1.82, 2.24) is 14.9 Å². The number of sulfonamides is 1.